The van der Waals surface area contributed by atoms with Crippen LogP contribution in [0.15, 0.2) is 18.2 Å². The Kier molecular flexibility index (Phi) is 3.04. The van der Waals surface area contributed by atoms with Gasteiger partial charge in [0.15, 0.2) is 0 Å². The monoisotopic (exact) mass is 247 g/mol. The first-order chi connectivity index (χ1) is 8.69. The second-order valence-electron chi connectivity index (χ2n) is 5.68. The van der Waals surface area contributed by atoms with E-state index in [0.717, 1.165) is 30.8 Å². The zero-order valence-corrected chi connectivity index (χ0v) is 11.1. The average molecular weight is 247 g/mol. The van der Waals surface area contributed by atoms with Gasteiger partial charge in [-0.1, -0.05) is 6.07 Å². The maximum absolute atomic E-state index is 10.5. The lowest BCUT2D eigenvalue weighted by Crippen LogP contribution is -2.29. The highest BCUT2D eigenvalue weighted by molar-refractivity contribution is 5.41. The van der Waals surface area contributed by atoms with Gasteiger partial charge >= 0.3 is 0 Å². The number of nitrogens with zero attached hydrogens (tertiary/aromatic N) is 1. The molecule has 1 aromatic carbocycles. The van der Waals surface area contributed by atoms with Gasteiger partial charge in [0.05, 0.1) is 13.2 Å². The van der Waals surface area contributed by atoms with Crippen LogP contribution in [-0.2, 0) is 0 Å². The van der Waals surface area contributed by atoms with Crippen molar-refractivity contribution in [1.29, 1.82) is 0 Å². The zero-order valence-electron chi connectivity index (χ0n) is 11.1. The van der Waals surface area contributed by atoms with E-state index in [1.807, 2.05) is 12.1 Å². The standard InChI is InChI=1S/C15H21NO2/c1-16-6-5-10-7-11(9-16)15(17)13-4-3-12(18-2)8-14(10)13/h3-4,8,10-11,15,17H,5-7,9H2,1-2H3. The normalized spacial score (nSPS) is 31.6. The molecule has 1 aliphatic carbocycles. The van der Waals surface area contributed by atoms with Crippen LogP contribution in [0.4, 0.5) is 0 Å². The highest BCUT2D eigenvalue weighted by Gasteiger charge is 2.36. The Morgan fingerprint density at radius 3 is 2.94 bits per heavy atom. The van der Waals surface area contributed by atoms with Crippen LogP contribution >= 0.6 is 0 Å². The Balaban J connectivity index is 2.03. The first-order valence-corrected chi connectivity index (χ1v) is 6.73. The van der Waals surface area contributed by atoms with Crippen molar-refractivity contribution in [3.8, 4) is 5.75 Å². The summed E-state index contributed by atoms with van der Waals surface area (Å²) in [4.78, 5) is 2.34. The third-order valence-corrected chi connectivity index (χ3v) is 4.49. The molecule has 98 valence electrons. The molecule has 2 aliphatic rings. The Labute approximate surface area is 108 Å². The van der Waals surface area contributed by atoms with Gasteiger partial charge in [-0.15, -0.1) is 0 Å². The maximum Gasteiger partial charge on any atom is 0.119 e. The number of fused-ring (bicyclic) bond motifs is 4. The third-order valence-electron chi connectivity index (χ3n) is 4.49. The molecule has 1 fully saturated rings. The van der Waals surface area contributed by atoms with Gasteiger partial charge in [0.2, 0.25) is 0 Å². The van der Waals surface area contributed by atoms with E-state index in [1.54, 1.807) is 7.11 Å². The van der Waals surface area contributed by atoms with Gasteiger partial charge < -0.3 is 14.7 Å². The Hall–Kier alpha value is -1.06. The molecule has 1 heterocycles. The molecule has 0 spiro atoms. The number of aliphatic hydroxyl groups is 1. The fourth-order valence-corrected chi connectivity index (χ4v) is 3.49. The SMILES string of the molecule is COc1ccc2c(c1)C1CCN(C)CC(C1)C2O. The van der Waals surface area contributed by atoms with Crippen molar-refractivity contribution in [3.63, 3.8) is 0 Å². The van der Waals surface area contributed by atoms with E-state index in [4.69, 9.17) is 4.74 Å². The van der Waals surface area contributed by atoms with E-state index in [0.29, 0.717) is 11.8 Å². The summed E-state index contributed by atoms with van der Waals surface area (Å²) in [5.41, 5.74) is 2.42. The summed E-state index contributed by atoms with van der Waals surface area (Å²) in [6.07, 6.45) is 1.97. The van der Waals surface area contributed by atoms with E-state index in [1.165, 1.54) is 12.0 Å². The molecule has 1 aromatic rings. The smallest absolute Gasteiger partial charge is 0.119 e. The molecule has 1 N–H and O–H groups in total. The van der Waals surface area contributed by atoms with Crippen LogP contribution in [-0.4, -0.2) is 37.3 Å². The van der Waals surface area contributed by atoms with E-state index >= 15 is 0 Å². The number of aliphatic hydroxyl groups excluding tert-OH is 1. The highest BCUT2D eigenvalue weighted by Crippen LogP contribution is 2.45. The molecule has 3 nitrogen and oxygen atoms in total. The van der Waals surface area contributed by atoms with Crippen LogP contribution in [0.3, 0.4) is 0 Å². The van der Waals surface area contributed by atoms with Crippen molar-refractivity contribution in [2.45, 2.75) is 24.9 Å². The summed E-state index contributed by atoms with van der Waals surface area (Å²) in [6.45, 7) is 2.12. The van der Waals surface area contributed by atoms with Crippen LogP contribution in [0.25, 0.3) is 0 Å². The van der Waals surface area contributed by atoms with Crippen LogP contribution in [0.1, 0.15) is 36.0 Å². The molecule has 3 atom stereocenters. The molecule has 1 saturated heterocycles. The van der Waals surface area contributed by atoms with Gasteiger partial charge in [0.25, 0.3) is 0 Å². The Morgan fingerprint density at radius 2 is 2.17 bits per heavy atom. The number of ether oxygens (including phenoxy) is 1. The highest BCUT2D eigenvalue weighted by atomic mass is 16.5. The van der Waals surface area contributed by atoms with Gasteiger partial charge in [-0.2, -0.15) is 0 Å². The molecule has 0 aromatic heterocycles. The number of methoxy groups -OCH3 is 1. The summed E-state index contributed by atoms with van der Waals surface area (Å²) in [7, 11) is 3.85. The largest absolute Gasteiger partial charge is 0.497 e. The van der Waals surface area contributed by atoms with Crippen molar-refractivity contribution in [3.05, 3.63) is 29.3 Å². The fourth-order valence-electron chi connectivity index (χ4n) is 3.49. The van der Waals surface area contributed by atoms with Crippen molar-refractivity contribution < 1.29 is 9.84 Å². The Morgan fingerprint density at radius 1 is 1.33 bits per heavy atom. The van der Waals surface area contributed by atoms with E-state index < -0.39 is 0 Å². The van der Waals surface area contributed by atoms with E-state index in [9.17, 15) is 5.11 Å². The van der Waals surface area contributed by atoms with Crippen molar-refractivity contribution >= 4 is 0 Å². The van der Waals surface area contributed by atoms with Crippen molar-refractivity contribution in [2.75, 3.05) is 27.2 Å². The molecular formula is C15H21NO2. The van der Waals surface area contributed by atoms with E-state index in [2.05, 4.69) is 18.0 Å². The zero-order chi connectivity index (χ0) is 12.7. The first kappa shape index (κ1) is 12.0. The number of hydrogen-bond donors (Lipinski definition) is 1. The van der Waals surface area contributed by atoms with Crippen molar-refractivity contribution in [1.82, 2.24) is 4.90 Å². The van der Waals surface area contributed by atoms with Crippen LogP contribution in [0.2, 0.25) is 0 Å². The maximum atomic E-state index is 10.5. The average Bonchev–Trinajstić information content (AvgIpc) is 2.56. The van der Waals surface area contributed by atoms with Crippen molar-refractivity contribution in [2.24, 2.45) is 5.92 Å². The predicted octanol–water partition coefficient (Wildman–Crippen LogP) is 2.17. The van der Waals surface area contributed by atoms with Crippen LogP contribution in [0, 0.1) is 5.92 Å². The second kappa shape index (κ2) is 4.56. The van der Waals surface area contributed by atoms with Gasteiger partial charge in [-0.25, -0.2) is 0 Å². The van der Waals surface area contributed by atoms with Gasteiger partial charge in [-0.3, -0.25) is 0 Å². The summed E-state index contributed by atoms with van der Waals surface area (Å²) in [6, 6.07) is 6.12. The summed E-state index contributed by atoms with van der Waals surface area (Å²) in [5, 5.41) is 10.5. The first-order valence-electron chi connectivity index (χ1n) is 6.73. The molecule has 18 heavy (non-hydrogen) atoms. The molecule has 0 saturated carbocycles. The number of rotatable bonds is 1. The quantitative estimate of drug-likeness (QED) is 0.825. The molecule has 1 aliphatic heterocycles. The van der Waals surface area contributed by atoms with E-state index in [-0.39, 0.29) is 6.10 Å². The van der Waals surface area contributed by atoms with Gasteiger partial charge in [0, 0.05) is 12.5 Å². The number of benzene rings is 1. The van der Waals surface area contributed by atoms with Gasteiger partial charge in [-0.05, 0) is 55.6 Å². The number of likely N-dealkylation sites (tertiary alicyclic amines) is 1. The summed E-state index contributed by atoms with van der Waals surface area (Å²) in [5.74, 6) is 1.86. The lowest BCUT2D eigenvalue weighted by molar-refractivity contribution is 0.0773. The molecule has 0 radical (unpaired) electrons. The van der Waals surface area contributed by atoms with Crippen LogP contribution < -0.4 is 4.74 Å². The van der Waals surface area contributed by atoms with Gasteiger partial charge in [0.1, 0.15) is 5.75 Å². The fraction of sp³-hybridized carbons (Fsp3) is 0.600. The summed E-state index contributed by atoms with van der Waals surface area (Å²) >= 11 is 0. The minimum absolute atomic E-state index is 0.317. The van der Waals surface area contributed by atoms with Crippen LogP contribution in [0.5, 0.6) is 5.75 Å². The minimum Gasteiger partial charge on any atom is -0.497 e. The number of hydrogen-bond acceptors (Lipinski definition) is 3. The molecule has 0 amide bonds. The molecule has 3 unspecified atom stereocenters. The summed E-state index contributed by atoms with van der Waals surface area (Å²) < 4.78 is 5.31. The minimum atomic E-state index is -0.317. The molecule has 3 heteroatoms. The third kappa shape index (κ3) is 1.91. The molecular weight excluding hydrogens is 226 g/mol. The topological polar surface area (TPSA) is 32.7 Å². The molecule has 2 bridgehead atoms. The lowest BCUT2D eigenvalue weighted by atomic mass is 9.74. The Bertz CT molecular complexity index is 446. The second-order valence-corrected chi connectivity index (χ2v) is 5.68. The lowest BCUT2D eigenvalue weighted by Gasteiger charge is -2.34. The predicted molar refractivity (Wildman–Crippen MR) is 70.9 cm³/mol. The molecule has 3 rings (SSSR count).